The number of ether oxygens (including phenoxy) is 2. The molecule has 6 rings (SSSR count). The Balaban J connectivity index is 1.41. The normalized spacial score (nSPS) is 18.9. The van der Waals surface area contributed by atoms with Crippen LogP contribution in [0, 0.1) is 0 Å². The van der Waals surface area contributed by atoms with E-state index in [0.29, 0.717) is 6.04 Å². The summed E-state index contributed by atoms with van der Waals surface area (Å²) in [6.45, 7) is 7.67. The molecule has 1 unspecified atom stereocenters. The van der Waals surface area contributed by atoms with Gasteiger partial charge in [0.25, 0.3) is 0 Å². The van der Waals surface area contributed by atoms with Crippen LogP contribution >= 0.6 is 0 Å². The number of nitrogens with two attached hydrogens (primary N) is 1. The van der Waals surface area contributed by atoms with Gasteiger partial charge in [0.15, 0.2) is 0 Å². The fourth-order valence-electron chi connectivity index (χ4n) is 5.93. The summed E-state index contributed by atoms with van der Waals surface area (Å²) in [4.78, 5) is 12.8. The van der Waals surface area contributed by atoms with E-state index < -0.39 is 0 Å². The number of hydrogen-bond acceptors (Lipinski definition) is 6. The van der Waals surface area contributed by atoms with Crippen LogP contribution in [0.5, 0.6) is 5.75 Å². The summed E-state index contributed by atoms with van der Waals surface area (Å²) in [5, 5.41) is 1.04. The summed E-state index contributed by atoms with van der Waals surface area (Å²) in [5.41, 5.74) is 12.8. The van der Waals surface area contributed by atoms with Gasteiger partial charge in [0.1, 0.15) is 11.6 Å². The Morgan fingerprint density at radius 1 is 1.03 bits per heavy atom. The second kappa shape index (κ2) is 10.7. The fourth-order valence-corrected chi connectivity index (χ4v) is 5.93. The molecule has 0 radical (unpaired) electrons. The Bertz CT molecular complexity index is 1410. The first kappa shape index (κ1) is 24.8. The SMILES string of the molecule is CC(C)Oc1ccc(-c2cccc3cnc(C4CN(C5CCOCC5)CCc5cc(N)ccc54)nc23)cc1. The standard InChI is InChI=1S/C32H36N4O2/c1-21(2)38-27-9-6-22(7-10-27)29-5-3-4-24-19-34-32(35-31(24)29)30-20-36(26-13-16-37-17-14-26)15-12-23-18-25(33)8-11-28(23)30/h3-11,18-19,21,26,30H,12-17,20,33H2,1-2H3. The van der Waals surface area contributed by atoms with Crippen LogP contribution in [0.3, 0.4) is 0 Å². The molecule has 6 nitrogen and oxygen atoms in total. The van der Waals surface area contributed by atoms with Gasteiger partial charge in [-0.05, 0) is 74.1 Å². The average Bonchev–Trinajstić information content (AvgIpc) is 3.13. The fraction of sp³-hybridized carbons (Fsp3) is 0.375. The van der Waals surface area contributed by atoms with Gasteiger partial charge in [0.2, 0.25) is 0 Å². The molecule has 4 aromatic rings. The number of nitrogens with zero attached hydrogens (tertiary/aromatic N) is 3. The molecule has 6 heteroatoms. The van der Waals surface area contributed by atoms with Gasteiger partial charge >= 0.3 is 0 Å². The molecule has 0 aliphatic carbocycles. The highest BCUT2D eigenvalue weighted by Crippen LogP contribution is 2.35. The molecular weight excluding hydrogens is 472 g/mol. The van der Waals surface area contributed by atoms with E-state index in [2.05, 4.69) is 47.4 Å². The zero-order chi connectivity index (χ0) is 26.1. The number of fused-ring (bicyclic) bond motifs is 2. The molecule has 2 aliphatic heterocycles. The van der Waals surface area contributed by atoms with Crippen LogP contribution in [0.4, 0.5) is 5.69 Å². The van der Waals surface area contributed by atoms with E-state index >= 15 is 0 Å². The predicted molar refractivity (Wildman–Crippen MR) is 153 cm³/mol. The molecule has 1 fully saturated rings. The lowest BCUT2D eigenvalue weighted by atomic mass is 9.92. The third kappa shape index (κ3) is 5.11. The number of para-hydroxylation sites is 1. The molecule has 3 aromatic carbocycles. The lowest BCUT2D eigenvalue weighted by Crippen LogP contribution is -2.42. The summed E-state index contributed by atoms with van der Waals surface area (Å²) in [6, 6.07) is 21.5. The number of anilines is 1. The molecule has 3 heterocycles. The van der Waals surface area contributed by atoms with Gasteiger partial charge in [-0.3, -0.25) is 4.90 Å². The molecule has 2 aliphatic rings. The zero-order valence-electron chi connectivity index (χ0n) is 22.3. The van der Waals surface area contributed by atoms with Crippen LogP contribution in [-0.2, 0) is 11.2 Å². The third-order valence-corrected chi connectivity index (χ3v) is 7.81. The van der Waals surface area contributed by atoms with Crippen molar-refractivity contribution in [3.63, 3.8) is 0 Å². The minimum absolute atomic E-state index is 0.0789. The van der Waals surface area contributed by atoms with E-state index in [4.69, 9.17) is 25.2 Å². The Morgan fingerprint density at radius 3 is 2.63 bits per heavy atom. The highest BCUT2D eigenvalue weighted by atomic mass is 16.5. The summed E-state index contributed by atoms with van der Waals surface area (Å²) < 4.78 is 11.5. The third-order valence-electron chi connectivity index (χ3n) is 7.81. The van der Waals surface area contributed by atoms with Crippen molar-refractivity contribution >= 4 is 16.6 Å². The highest BCUT2D eigenvalue weighted by molar-refractivity contribution is 5.93. The second-order valence-electron chi connectivity index (χ2n) is 10.8. The minimum Gasteiger partial charge on any atom is -0.491 e. The number of nitrogen functional groups attached to an aromatic ring is 1. The minimum atomic E-state index is 0.0789. The summed E-state index contributed by atoms with van der Waals surface area (Å²) >= 11 is 0. The van der Waals surface area contributed by atoms with E-state index in [9.17, 15) is 0 Å². The number of rotatable bonds is 5. The van der Waals surface area contributed by atoms with E-state index in [1.807, 2.05) is 38.2 Å². The monoisotopic (exact) mass is 508 g/mol. The van der Waals surface area contributed by atoms with Crippen LogP contribution in [-0.4, -0.2) is 53.3 Å². The van der Waals surface area contributed by atoms with Gasteiger partial charge in [-0.15, -0.1) is 0 Å². The smallest absolute Gasteiger partial charge is 0.137 e. The molecule has 196 valence electrons. The van der Waals surface area contributed by atoms with Crippen molar-refractivity contribution < 1.29 is 9.47 Å². The quantitative estimate of drug-likeness (QED) is 0.342. The lowest BCUT2D eigenvalue weighted by Gasteiger charge is -2.34. The predicted octanol–water partition coefficient (Wildman–Crippen LogP) is 5.84. The van der Waals surface area contributed by atoms with Crippen LogP contribution in [0.1, 0.15) is 49.6 Å². The maximum atomic E-state index is 6.22. The summed E-state index contributed by atoms with van der Waals surface area (Å²) in [7, 11) is 0. The van der Waals surface area contributed by atoms with Crippen molar-refractivity contribution in [2.24, 2.45) is 0 Å². The molecule has 0 saturated carbocycles. The molecule has 0 amide bonds. The van der Waals surface area contributed by atoms with Gasteiger partial charge in [0, 0.05) is 55.2 Å². The van der Waals surface area contributed by atoms with E-state index in [1.54, 1.807) is 0 Å². The molecule has 1 atom stereocenters. The first-order chi connectivity index (χ1) is 18.5. The van der Waals surface area contributed by atoms with Crippen molar-refractivity contribution in [1.29, 1.82) is 0 Å². The molecule has 0 bridgehead atoms. The number of aromatic nitrogens is 2. The van der Waals surface area contributed by atoms with E-state index in [0.717, 1.165) is 84.9 Å². The molecule has 2 N–H and O–H groups in total. The highest BCUT2D eigenvalue weighted by Gasteiger charge is 2.31. The van der Waals surface area contributed by atoms with Crippen molar-refractivity contribution in [2.75, 3.05) is 32.0 Å². The largest absolute Gasteiger partial charge is 0.491 e. The van der Waals surface area contributed by atoms with Gasteiger partial charge in [0.05, 0.1) is 17.5 Å². The van der Waals surface area contributed by atoms with Crippen molar-refractivity contribution in [3.05, 3.63) is 83.8 Å². The first-order valence-electron chi connectivity index (χ1n) is 13.8. The molecule has 1 saturated heterocycles. The number of benzene rings is 3. The van der Waals surface area contributed by atoms with Crippen LogP contribution in [0.2, 0.25) is 0 Å². The van der Waals surface area contributed by atoms with E-state index in [1.165, 1.54) is 11.1 Å². The van der Waals surface area contributed by atoms with Crippen molar-refractivity contribution in [1.82, 2.24) is 14.9 Å². The summed E-state index contributed by atoms with van der Waals surface area (Å²) in [6.07, 6.45) is 5.26. The lowest BCUT2D eigenvalue weighted by molar-refractivity contribution is 0.0340. The van der Waals surface area contributed by atoms with Crippen LogP contribution in [0.15, 0.2) is 66.9 Å². The maximum Gasteiger partial charge on any atom is 0.137 e. The Labute approximate surface area is 224 Å². The van der Waals surface area contributed by atoms with Crippen LogP contribution in [0.25, 0.3) is 22.0 Å². The van der Waals surface area contributed by atoms with E-state index in [-0.39, 0.29) is 12.0 Å². The second-order valence-corrected chi connectivity index (χ2v) is 10.8. The topological polar surface area (TPSA) is 73.5 Å². The molecule has 0 spiro atoms. The Kier molecular flexibility index (Phi) is 7.00. The van der Waals surface area contributed by atoms with Gasteiger partial charge in [-0.2, -0.15) is 0 Å². The molecule has 1 aromatic heterocycles. The maximum absolute atomic E-state index is 6.22. The zero-order valence-corrected chi connectivity index (χ0v) is 22.3. The van der Waals surface area contributed by atoms with Crippen molar-refractivity contribution in [2.45, 2.75) is 51.2 Å². The van der Waals surface area contributed by atoms with Crippen molar-refractivity contribution in [3.8, 4) is 16.9 Å². The molecular formula is C32H36N4O2. The average molecular weight is 509 g/mol. The Hall–Kier alpha value is -3.48. The van der Waals surface area contributed by atoms with Gasteiger partial charge in [-0.25, -0.2) is 9.97 Å². The van der Waals surface area contributed by atoms with Gasteiger partial charge in [-0.1, -0.05) is 36.4 Å². The first-order valence-corrected chi connectivity index (χ1v) is 13.8. The van der Waals surface area contributed by atoms with Crippen LogP contribution < -0.4 is 10.5 Å². The number of hydrogen-bond donors (Lipinski definition) is 1. The Morgan fingerprint density at radius 2 is 1.84 bits per heavy atom. The van der Waals surface area contributed by atoms with Gasteiger partial charge < -0.3 is 15.2 Å². The summed E-state index contributed by atoms with van der Waals surface area (Å²) in [5.74, 6) is 1.83. The molecule has 38 heavy (non-hydrogen) atoms.